The quantitative estimate of drug-likeness (QED) is 0.727. The summed E-state index contributed by atoms with van der Waals surface area (Å²) in [6.07, 6.45) is 6.13. The molecular weight excluding hydrogens is 216 g/mol. The summed E-state index contributed by atoms with van der Waals surface area (Å²) >= 11 is 3.47. The molecule has 0 spiro atoms. The molecule has 2 nitrogen and oxygen atoms in total. The number of hydrogen-bond donors (Lipinski definition) is 0. The van der Waals surface area contributed by atoms with E-state index in [0.717, 1.165) is 17.7 Å². The van der Waals surface area contributed by atoms with Gasteiger partial charge in [0.05, 0.1) is 0 Å². The van der Waals surface area contributed by atoms with Gasteiger partial charge in [-0.05, 0) is 12.3 Å². The van der Waals surface area contributed by atoms with Crippen molar-refractivity contribution in [2.24, 2.45) is 13.0 Å². The van der Waals surface area contributed by atoms with E-state index in [1.54, 1.807) is 0 Å². The summed E-state index contributed by atoms with van der Waals surface area (Å²) in [5.41, 5.74) is 0. The summed E-state index contributed by atoms with van der Waals surface area (Å²) in [6.45, 7) is 2.25. The third-order valence-corrected chi connectivity index (χ3v) is 3.15. The van der Waals surface area contributed by atoms with Crippen molar-refractivity contribution >= 4 is 15.9 Å². The van der Waals surface area contributed by atoms with E-state index in [9.17, 15) is 0 Å². The Balaban J connectivity index is 2.38. The SMILES string of the molecule is CC(CBr)CCc1nccn1C. The highest BCUT2D eigenvalue weighted by atomic mass is 79.9. The minimum absolute atomic E-state index is 0.738. The molecule has 0 saturated heterocycles. The predicted molar refractivity (Wildman–Crippen MR) is 54.5 cm³/mol. The van der Waals surface area contributed by atoms with E-state index in [2.05, 4.69) is 32.4 Å². The molecule has 1 atom stereocenters. The first-order chi connectivity index (χ1) is 5.74. The van der Waals surface area contributed by atoms with Crippen molar-refractivity contribution in [1.82, 2.24) is 9.55 Å². The highest BCUT2D eigenvalue weighted by molar-refractivity contribution is 9.09. The molecule has 0 N–H and O–H groups in total. The van der Waals surface area contributed by atoms with Gasteiger partial charge in [0.25, 0.3) is 0 Å². The van der Waals surface area contributed by atoms with Crippen LogP contribution < -0.4 is 0 Å². The Kier molecular flexibility index (Phi) is 3.79. The van der Waals surface area contributed by atoms with Crippen LogP contribution in [-0.4, -0.2) is 14.9 Å². The Morgan fingerprint density at radius 1 is 1.67 bits per heavy atom. The summed E-state index contributed by atoms with van der Waals surface area (Å²) < 4.78 is 2.08. The number of aromatic nitrogens is 2. The number of rotatable bonds is 4. The van der Waals surface area contributed by atoms with Crippen LogP contribution in [-0.2, 0) is 13.5 Å². The molecule has 0 amide bonds. The second kappa shape index (κ2) is 4.65. The molecule has 1 heterocycles. The predicted octanol–water partition coefficient (Wildman–Crippen LogP) is 2.38. The summed E-state index contributed by atoms with van der Waals surface area (Å²) in [4.78, 5) is 4.27. The van der Waals surface area contributed by atoms with Gasteiger partial charge < -0.3 is 4.57 Å². The highest BCUT2D eigenvalue weighted by Gasteiger charge is 2.03. The summed E-state index contributed by atoms with van der Waals surface area (Å²) in [7, 11) is 2.04. The number of hydrogen-bond acceptors (Lipinski definition) is 1. The average molecular weight is 231 g/mol. The lowest BCUT2D eigenvalue weighted by Gasteiger charge is -2.06. The van der Waals surface area contributed by atoms with Crippen LogP contribution in [0.4, 0.5) is 0 Å². The molecule has 0 aliphatic heterocycles. The van der Waals surface area contributed by atoms with E-state index in [0.29, 0.717) is 0 Å². The van der Waals surface area contributed by atoms with Gasteiger partial charge >= 0.3 is 0 Å². The molecule has 0 aliphatic rings. The lowest BCUT2D eigenvalue weighted by atomic mass is 10.1. The normalized spacial score (nSPS) is 13.2. The fraction of sp³-hybridized carbons (Fsp3) is 0.667. The first-order valence-corrected chi connectivity index (χ1v) is 5.38. The summed E-state index contributed by atoms with van der Waals surface area (Å²) in [5.74, 6) is 1.92. The van der Waals surface area contributed by atoms with Gasteiger partial charge in [-0.1, -0.05) is 22.9 Å². The molecule has 1 unspecified atom stereocenters. The molecule has 0 aliphatic carbocycles. The van der Waals surface area contributed by atoms with Crippen LogP contribution in [0.15, 0.2) is 12.4 Å². The Hall–Kier alpha value is -0.310. The van der Waals surface area contributed by atoms with Crippen molar-refractivity contribution in [3.8, 4) is 0 Å². The van der Waals surface area contributed by atoms with E-state index < -0.39 is 0 Å². The van der Waals surface area contributed by atoms with Gasteiger partial charge in [-0.3, -0.25) is 0 Å². The molecule has 1 aromatic heterocycles. The molecule has 3 heteroatoms. The zero-order valence-electron chi connectivity index (χ0n) is 7.63. The summed E-state index contributed by atoms with van der Waals surface area (Å²) in [5, 5.41) is 1.08. The number of halogens is 1. The van der Waals surface area contributed by atoms with E-state index in [4.69, 9.17) is 0 Å². The minimum atomic E-state index is 0.738. The molecule has 1 aromatic rings. The molecule has 1 rings (SSSR count). The van der Waals surface area contributed by atoms with Gasteiger partial charge in [0.2, 0.25) is 0 Å². The van der Waals surface area contributed by atoms with Crippen molar-refractivity contribution < 1.29 is 0 Å². The fourth-order valence-corrected chi connectivity index (χ4v) is 1.41. The number of aryl methyl sites for hydroxylation is 2. The van der Waals surface area contributed by atoms with Crippen molar-refractivity contribution in [1.29, 1.82) is 0 Å². The van der Waals surface area contributed by atoms with Gasteiger partial charge in [-0.15, -0.1) is 0 Å². The third kappa shape index (κ3) is 2.63. The molecule has 0 radical (unpaired) electrons. The van der Waals surface area contributed by atoms with E-state index in [-0.39, 0.29) is 0 Å². The van der Waals surface area contributed by atoms with Gasteiger partial charge in [-0.2, -0.15) is 0 Å². The molecule has 0 fully saturated rings. The number of imidazole rings is 1. The Labute approximate surface area is 82.1 Å². The largest absolute Gasteiger partial charge is 0.338 e. The van der Waals surface area contributed by atoms with Crippen LogP contribution in [0.3, 0.4) is 0 Å². The van der Waals surface area contributed by atoms with Crippen LogP contribution in [0.1, 0.15) is 19.2 Å². The standard InChI is InChI=1S/C9H15BrN2/c1-8(7-10)3-4-9-11-5-6-12(9)2/h5-6,8H,3-4,7H2,1-2H3. The maximum atomic E-state index is 4.27. The zero-order valence-corrected chi connectivity index (χ0v) is 9.21. The lowest BCUT2D eigenvalue weighted by Crippen LogP contribution is -2.02. The summed E-state index contributed by atoms with van der Waals surface area (Å²) in [6, 6.07) is 0. The average Bonchev–Trinajstić information content (AvgIpc) is 2.47. The van der Waals surface area contributed by atoms with Crippen LogP contribution in [0, 0.1) is 5.92 Å². The maximum absolute atomic E-state index is 4.27. The molecule has 68 valence electrons. The van der Waals surface area contributed by atoms with E-state index in [1.165, 1.54) is 12.2 Å². The Morgan fingerprint density at radius 3 is 2.92 bits per heavy atom. The van der Waals surface area contributed by atoms with Crippen molar-refractivity contribution in [3.05, 3.63) is 18.2 Å². The Morgan fingerprint density at radius 2 is 2.42 bits per heavy atom. The second-order valence-corrected chi connectivity index (χ2v) is 3.90. The van der Waals surface area contributed by atoms with Crippen LogP contribution in [0.5, 0.6) is 0 Å². The van der Waals surface area contributed by atoms with Gasteiger partial charge in [-0.25, -0.2) is 4.98 Å². The van der Waals surface area contributed by atoms with Crippen molar-refractivity contribution in [3.63, 3.8) is 0 Å². The number of nitrogens with zero attached hydrogens (tertiary/aromatic N) is 2. The molecule has 0 bridgehead atoms. The van der Waals surface area contributed by atoms with Gasteiger partial charge in [0.1, 0.15) is 5.82 Å². The number of alkyl halides is 1. The van der Waals surface area contributed by atoms with Crippen molar-refractivity contribution in [2.75, 3.05) is 5.33 Å². The smallest absolute Gasteiger partial charge is 0.108 e. The van der Waals surface area contributed by atoms with Gasteiger partial charge in [0.15, 0.2) is 0 Å². The minimum Gasteiger partial charge on any atom is -0.338 e. The van der Waals surface area contributed by atoms with Crippen LogP contribution >= 0.6 is 15.9 Å². The highest BCUT2D eigenvalue weighted by Crippen LogP contribution is 2.09. The van der Waals surface area contributed by atoms with Gasteiger partial charge in [0, 0.05) is 31.2 Å². The lowest BCUT2D eigenvalue weighted by molar-refractivity contribution is 0.577. The van der Waals surface area contributed by atoms with Crippen LogP contribution in [0.2, 0.25) is 0 Å². The molecule has 12 heavy (non-hydrogen) atoms. The molecule has 0 saturated carbocycles. The maximum Gasteiger partial charge on any atom is 0.108 e. The monoisotopic (exact) mass is 230 g/mol. The van der Waals surface area contributed by atoms with Crippen molar-refractivity contribution in [2.45, 2.75) is 19.8 Å². The Bertz CT molecular complexity index is 232. The zero-order chi connectivity index (χ0) is 8.97. The fourth-order valence-electron chi connectivity index (χ4n) is 1.09. The topological polar surface area (TPSA) is 17.8 Å². The first-order valence-electron chi connectivity index (χ1n) is 4.26. The van der Waals surface area contributed by atoms with Crippen LogP contribution in [0.25, 0.3) is 0 Å². The third-order valence-electron chi connectivity index (χ3n) is 2.05. The molecule has 0 aromatic carbocycles. The molecular formula is C9H15BrN2. The first kappa shape index (κ1) is 9.78. The van der Waals surface area contributed by atoms with E-state index in [1.807, 2.05) is 19.4 Å². The van der Waals surface area contributed by atoms with E-state index >= 15 is 0 Å². The second-order valence-electron chi connectivity index (χ2n) is 3.25.